The van der Waals surface area contributed by atoms with Crippen molar-refractivity contribution in [3.05, 3.63) is 0 Å². The third-order valence-electron chi connectivity index (χ3n) is 3.31. The lowest BCUT2D eigenvalue weighted by atomic mass is 9.97. The Bertz CT molecular complexity index is 335. The van der Waals surface area contributed by atoms with Gasteiger partial charge in [-0.2, -0.15) is 5.06 Å². The maximum atomic E-state index is 11.9. The van der Waals surface area contributed by atoms with Gasteiger partial charge in [-0.1, -0.05) is 0 Å². The first kappa shape index (κ1) is 12.9. The highest BCUT2D eigenvalue weighted by atomic mass is 16.7. The second-order valence-electron chi connectivity index (χ2n) is 4.46. The lowest BCUT2D eigenvalue weighted by Crippen LogP contribution is -2.59. The molecule has 2 amide bonds. The van der Waals surface area contributed by atoms with E-state index in [4.69, 9.17) is 4.74 Å². The van der Waals surface area contributed by atoms with Gasteiger partial charge in [0.15, 0.2) is 0 Å². The van der Waals surface area contributed by atoms with Crippen molar-refractivity contribution in [2.45, 2.75) is 44.9 Å². The summed E-state index contributed by atoms with van der Waals surface area (Å²) >= 11 is 0. The molecule has 7 heteroatoms. The Labute approximate surface area is 105 Å². The summed E-state index contributed by atoms with van der Waals surface area (Å²) in [5.74, 6) is 0. The maximum Gasteiger partial charge on any atom is 0.510 e. The van der Waals surface area contributed by atoms with Crippen molar-refractivity contribution in [2.24, 2.45) is 0 Å². The molecule has 0 radical (unpaired) electrons. The summed E-state index contributed by atoms with van der Waals surface area (Å²) in [5, 5.41) is 10.2. The molecule has 2 unspecified atom stereocenters. The number of hydroxylamine groups is 2. The first-order valence-electron chi connectivity index (χ1n) is 6.25. The summed E-state index contributed by atoms with van der Waals surface area (Å²) in [6.07, 6.45) is 1.48. The smallest absolute Gasteiger partial charge is 0.435 e. The molecule has 2 heterocycles. The fourth-order valence-electron chi connectivity index (χ4n) is 2.45. The average molecular weight is 258 g/mol. The van der Waals surface area contributed by atoms with Gasteiger partial charge in [-0.05, 0) is 26.2 Å². The summed E-state index contributed by atoms with van der Waals surface area (Å²) in [7, 11) is 0. The first-order valence-corrected chi connectivity index (χ1v) is 6.25. The molecule has 2 fully saturated rings. The number of carbonyl (C=O) groups excluding carboxylic acids is 2. The monoisotopic (exact) mass is 258 g/mol. The minimum absolute atomic E-state index is 0.0362. The molecular formula is C11H18N2O5. The molecule has 2 atom stereocenters. The number of hydrogen-bond acceptors (Lipinski definition) is 5. The van der Waals surface area contributed by atoms with E-state index in [2.05, 4.69) is 4.74 Å². The van der Waals surface area contributed by atoms with Gasteiger partial charge in [0.25, 0.3) is 0 Å². The minimum atomic E-state index is -0.948. The lowest BCUT2D eigenvalue weighted by Gasteiger charge is -2.44. The van der Waals surface area contributed by atoms with Crippen LogP contribution in [-0.2, 0) is 9.47 Å². The van der Waals surface area contributed by atoms with Gasteiger partial charge in [-0.25, -0.2) is 9.59 Å². The van der Waals surface area contributed by atoms with Gasteiger partial charge in [0.05, 0.1) is 6.61 Å². The van der Waals surface area contributed by atoms with Crippen LogP contribution in [0.5, 0.6) is 0 Å². The van der Waals surface area contributed by atoms with Crippen LogP contribution in [0.1, 0.15) is 32.6 Å². The molecule has 2 saturated heterocycles. The molecule has 2 aliphatic heterocycles. The van der Waals surface area contributed by atoms with Crippen LogP contribution in [0.15, 0.2) is 0 Å². The molecule has 102 valence electrons. The molecule has 7 nitrogen and oxygen atoms in total. The van der Waals surface area contributed by atoms with Crippen LogP contribution < -0.4 is 0 Å². The number of piperidine rings is 1. The quantitative estimate of drug-likeness (QED) is 0.600. The van der Waals surface area contributed by atoms with E-state index >= 15 is 0 Å². The van der Waals surface area contributed by atoms with Crippen molar-refractivity contribution >= 4 is 12.2 Å². The Morgan fingerprint density at radius 3 is 3.00 bits per heavy atom. The van der Waals surface area contributed by atoms with Crippen LogP contribution in [0.25, 0.3) is 0 Å². The van der Waals surface area contributed by atoms with Crippen LogP contribution in [0.2, 0.25) is 0 Å². The molecule has 2 aliphatic rings. The second-order valence-corrected chi connectivity index (χ2v) is 4.46. The zero-order chi connectivity index (χ0) is 13.1. The third-order valence-corrected chi connectivity index (χ3v) is 3.31. The van der Waals surface area contributed by atoms with E-state index in [1.807, 2.05) is 0 Å². The van der Waals surface area contributed by atoms with Crippen molar-refractivity contribution < 1.29 is 24.3 Å². The zero-order valence-corrected chi connectivity index (χ0v) is 10.4. The Hall–Kier alpha value is -1.50. The van der Waals surface area contributed by atoms with Crippen molar-refractivity contribution in [3.63, 3.8) is 0 Å². The van der Waals surface area contributed by atoms with Gasteiger partial charge in [0.1, 0.15) is 0 Å². The molecule has 18 heavy (non-hydrogen) atoms. The SMILES string of the molecule is CCOC(=O)OC1CC2CCCCN2C(=O)N1O. The number of hydrogen-bond donors (Lipinski definition) is 1. The Morgan fingerprint density at radius 1 is 1.50 bits per heavy atom. The van der Waals surface area contributed by atoms with Crippen molar-refractivity contribution in [1.29, 1.82) is 0 Å². The van der Waals surface area contributed by atoms with Crippen molar-refractivity contribution in [1.82, 2.24) is 9.96 Å². The number of ether oxygens (including phenoxy) is 2. The van der Waals surface area contributed by atoms with Crippen LogP contribution in [-0.4, -0.2) is 52.8 Å². The fourth-order valence-corrected chi connectivity index (χ4v) is 2.45. The molecule has 0 aromatic heterocycles. The zero-order valence-electron chi connectivity index (χ0n) is 10.4. The van der Waals surface area contributed by atoms with E-state index in [9.17, 15) is 14.8 Å². The van der Waals surface area contributed by atoms with Crippen LogP contribution in [0.4, 0.5) is 9.59 Å². The minimum Gasteiger partial charge on any atom is -0.435 e. The Morgan fingerprint density at radius 2 is 2.28 bits per heavy atom. The van der Waals surface area contributed by atoms with Gasteiger partial charge in [0.2, 0.25) is 6.23 Å². The highest BCUT2D eigenvalue weighted by Crippen LogP contribution is 2.28. The second kappa shape index (κ2) is 5.43. The number of nitrogens with zero attached hydrogens (tertiary/aromatic N) is 2. The summed E-state index contributed by atoms with van der Waals surface area (Å²) in [6, 6.07) is -0.464. The van der Waals surface area contributed by atoms with E-state index in [-0.39, 0.29) is 12.6 Å². The summed E-state index contributed by atoms with van der Waals surface area (Å²) in [5.41, 5.74) is 0. The van der Waals surface area contributed by atoms with Crippen LogP contribution in [0, 0.1) is 0 Å². The normalized spacial score (nSPS) is 27.8. The van der Waals surface area contributed by atoms with Gasteiger partial charge >= 0.3 is 12.2 Å². The fraction of sp³-hybridized carbons (Fsp3) is 0.818. The third kappa shape index (κ3) is 2.50. The molecular weight excluding hydrogens is 240 g/mol. The summed E-state index contributed by atoms with van der Waals surface area (Å²) in [6.45, 7) is 2.50. The van der Waals surface area contributed by atoms with Gasteiger partial charge in [-0.3, -0.25) is 5.21 Å². The van der Waals surface area contributed by atoms with Crippen LogP contribution in [0.3, 0.4) is 0 Å². The van der Waals surface area contributed by atoms with E-state index < -0.39 is 18.4 Å². The number of carbonyl (C=O) groups is 2. The van der Waals surface area contributed by atoms with Gasteiger partial charge < -0.3 is 14.4 Å². The topological polar surface area (TPSA) is 79.3 Å². The lowest BCUT2D eigenvalue weighted by molar-refractivity contribution is -0.195. The molecule has 0 saturated carbocycles. The number of fused-ring (bicyclic) bond motifs is 1. The number of urea groups is 1. The molecule has 0 aliphatic carbocycles. The molecule has 2 rings (SSSR count). The Balaban J connectivity index is 1.99. The highest BCUT2D eigenvalue weighted by molar-refractivity contribution is 5.75. The summed E-state index contributed by atoms with van der Waals surface area (Å²) in [4.78, 5) is 24.7. The molecule has 0 bridgehead atoms. The molecule has 0 aromatic carbocycles. The van der Waals surface area contributed by atoms with Gasteiger partial charge in [0, 0.05) is 19.0 Å². The Kier molecular flexibility index (Phi) is 3.90. The van der Waals surface area contributed by atoms with Crippen molar-refractivity contribution in [2.75, 3.05) is 13.2 Å². The van der Waals surface area contributed by atoms with E-state index in [0.29, 0.717) is 18.0 Å². The van der Waals surface area contributed by atoms with Crippen molar-refractivity contribution in [3.8, 4) is 0 Å². The maximum absolute atomic E-state index is 11.9. The first-order chi connectivity index (χ1) is 8.63. The summed E-state index contributed by atoms with van der Waals surface area (Å²) < 4.78 is 9.57. The predicted molar refractivity (Wildman–Crippen MR) is 59.9 cm³/mol. The van der Waals surface area contributed by atoms with E-state index in [1.165, 1.54) is 0 Å². The predicted octanol–water partition coefficient (Wildman–Crippen LogP) is 1.55. The molecule has 1 N–H and O–H groups in total. The van der Waals surface area contributed by atoms with E-state index in [0.717, 1.165) is 19.3 Å². The average Bonchev–Trinajstić information content (AvgIpc) is 2.36. The van der Waals surface area contributed by atoms with Crippen LogP contribution >= 0.6 is 0 Å². The van der Waals surface area contributed by atoms with Gasteiger partial charge in [-0.15, -0.1) is 0 Å². The highest BCUT2D eigenvalue weighted by Gasteiger charge is 2.42. The standard InChI is InChI=1S/C11H18N2O5/c1-2-17-11(15)18-9-7-8-5-3-4-6-12(8)10(14)13(9)16/h8-9,16H,2-7H2,1H3. The largest absolute Gasteiger partial charge is 0.510 e. The number of amides is 2. The number of rotatable bonds is 2. The molecule has 0 aromatic rings. The van der Waals surface area contributed by atoms with E-state index in [1.54, 1.807) is 11.8 Å². The molecule has 0 spiro atoms.